The van der Waals surface area contributed by atoms with Gasteiger partial charge in [0.05, 0.1) is 0 Å². The smallest absolute Gasteiger partial charge is 0.207 e. The van der Waals surface area contributed by atoms with Crippen molar-refractivity contribution >= 4 is 12.3 Å². The molecule has 0 fully saturated rings. The van der Waals surface area contributed by atoms with Gasteiger partial charge in [0.15, 0.2) is 0 Å². The first-order valence-corrected chi connectivity index (χ1v) is 8.40. The first-order chi connectivity index (χ1) is 13.6. The molecule has 0 N–H and O–H groups in total. The van der Waals surface area contributed by atoms with E-state index < -0.39 is 0 Å². The number of carbonyl (C=O) groups excluding carboxylic acids is 4. The first-order valence-electron chi connectivity index (χ1n) is 8.40. The number of halogens is 1. The highest BCUT2D eigenvalue weighted by Crippen LogP contribution is 2.17. The van der Waals surface area contributed by atoms with Gasteiger partial charge in [-0.1, -0.05) is 86.6 Å². The van der Waals surface area contributed by atoms with Crippen LogP contribution in [0, 0.1) is 12.7 Å². The van der Waals surface area contributed by atoms with E-state index in [-0.39, 0.29) is 18.1 Å². The van der Waals surface area contributed by atoms with E-state index in [1.165, 1.54) is 23.3 Å². The summed E-state index contributed by atoms with van der Waals surface area (Å²) in [6.07, 6.45) is 0.500. The van der Waals surface area contributed by atoms with Crippen LogP contribution in [0.3, 0.4) is 0 Å². The summed E-state index contributed by atoms with van der Waals surface area (Å²) in [5, 5.41) is 0. The lowest BCUT2D eigenvalue weighted by Crippen LogP contribution is -1.73. The summed E-state index contributed by atoms with van der Waals surface area (Å²) in [5.74, 6) is -0.162. The molecule has 0 unspecified atom stereocenters. The third-order valence-electron chi connectivity index (χ3n) is 2.86. The summed E-state index contributed by atoms with van der Waals surface area (Å²) < 4.78 is 12.2. The molecule has 0 amide bonds. The van der Waals surface area contributed by atoms with Crippen molar-refractivity contribution in [3.63, 3.8) is 0 Å². The minimum absolute atomic E-state index is 0.162. The monoisotopic (exact) mass is 382 g/mol. The zero-order valence-electron chi connectivity index (χ0n) is 16.1. The number of benzene rings is 3. The van der Waals surface area contributed by atoms with E-state index in [0.717, 1.165) is 5.56 Å². The molecule has 3 aromatic rings. The van der Waals surface area contributed by atoms with Crippen LogP contribution in [-0.2, 0) is 19.2 Å². The van der Waals surface area contributed by atoms with Gasteiger partial charge >= 0.3 is 12.3 Å². The minimum Gasteiger partial charge on any atom is -0.207 e. The van der Waals surface area contributed by atoms with Crippen LogP contribution >= 0.6 is 0 Å². The number of rotatable bonds is 1. The normalized spacial score (nSPS) is 7.57. The van der Waals surface area contributed by atoms with Gasteiger partial charge < -0.3 is 0 Å². The number of hydrogen-bond acceptors (Lipinski definition) is 4. The van der Waals surface area contributed by atoms with Crippen molar-refractivity contribution in [2.24, 2.45) is 0 Å². The average molecular weight is 382 g/mol. The largest absolute Gasteiger partial charge is 0.373 e. The molecule has 146 valence electrons. The summed E-state index contributed by atoms with van der Waals surface area (Å²) >= 11 is 0. The van der Waals surface area contributed by atoms with Crippen molar-refractivity contribution in [2.45, 2.75) is 20.8 Å². The molecular weight excluding hydrogens is 359 g/mol. The van der Waals surface area contributed by atoms with Gasteiger partial charge in [-0.3, -0.25) is 0 Å². The van der Waals surface area contributed by atoms with Crippen LogP contribution in [0.1, 0.15) is 19.4 Å². The molecule has 0 saturated carbocycles. The van der Waals surface area contributed by atoms with Crippen molar-refractivity contribution in [3.05, 3.63) is 96.3 Å². The van der Waals surface area contributed by atoms with Crippen molar-refractivity contribution in [2.75, 3.05) is 0 Å². The molecule has 3 rings (SSSR count). The van der Waals surface area contributed by atoms with Crippen molar-refractivity contribution in [3.8, 4) is 11.1 Å². The second-order valence-corrected chi connectivity index (χ2v) is 4.70. The molecule has 3 aromatic carbocycles. The lowest BCUT2D eigenvalue weighted by atomic mass is 10.1. The zero-order valence-corrected chi connectivity index (χ0v) is 16.1. The van der Waals surface area contributed by atoms with E-state index in [1.807, 2.05) is 39.0 Å². The molecular formula is C23H23FO4. The van der Waals surface area contributed by atoms with Crippen molar-refractivity contribution < 1.29 is 23.6 Å². The fraction of sp³-hybridized carbons (Fsp3) is 0.130. The standard InChI is InChI=1S/C12H10.C7H7F.C2H6.2CO2/c1-3-7-11(8-4-1)12-9-5-2-6-10-12;1-6-3-2-4-7(8)5-6;1-2;2*2-1-3/h1-10H;2-5H,1H3;1-2H3;;. The summed E-state index contributed by atoms with van der Waals surface area (Å²) in [6.45, 7) is 5.86. The number of hydrogen-bond donors (Lipinski definition) is 0. The van der Waals surface area contributed by atoms with Gasteiger partial charge in [-0.15, -0.1) is 0 Å². The van der Waals surface area contributed by atoms with Gasteiger partial charge in [0.2, 0.25) is 0 Å². The fourth-order valence-corrected chi connectivity index (χ4v) is 1.87. The quantitative estimate of drug-likeness (QED) is 0.569. The van der Waals surface area contributed by atoms with E-state index >= 15 is 0 Å². The lowest BCUT2D eigenvalue weighted by Gasteiger charge is -1.98. The Hall–Kier alpha value is -3.65. The third-order valence-corrected chi connectivity index (χ3v) is 2.86. The van der Waals surface area contributed by atoms with Crippen LogP contribution < -0.4 is 0 Å². The predicted molar refractivity (Wildman–Crippen MR) is 104 cm³/mol. The Bertz CT molecular complexity index is 740. The van der Waals surface area contributed by atoms with Crippen molar-refractivity contribution in [1.82, 2.24) is 0 Å². The molecule has 0 heterocycles. The van der Waals surface area contributed by atoms with E-state index in [1.54, 1.807) is 6.07 Å². The van der Waals surface area contributed by atoms with Crippen molar-refractivity contribution in [1.29, 1.82) is 0 Å². The molecule has 28 heavy (non-hydrogen) atoms. The van der Waals surface area contributed by atoms with Crippen LogP contribution in [0.5, 0.6) is 0 Å². The molecule has 4 nitrogen and oxygen atoms in total. The van der Waals surface area contributed by atoms with Gasteiger partial charge in [0, 0.05) is 0 Å². The molecule has 0 saturated heterocycles. The summed E-state index contributed by atoms with van der Waals surface area (Å²) in [4.78, 5) is 32.5. The molecule has 0 aliphatic heterocycles. The second-order valence-electron chi connectivity index (χ2n) is 4.70. The Morgan fingerprint density at radius 3 is 1.21 bits per heavy atom. The van der Waals surface area contributed by atoms with Gasteiger partial charge in [-0.25, -0.2) is 4.39 Å². The van der Waals surface area contributed by atoms with Crippen LogP contribution in [0.2, 0.25) is 0 Å². The zero-order chi connectivity index (χ0) is 21.6. The third kappa shape index (κ3) is 14.7. The molecule has 0 radical (unpaired) electrons. The Kier molecular flexibility index (Phi) is 18.7. The lowest BCUT2D eigenvalue weighted by molar-refractivity contribution is -0.193. The molecule has 0 atom stereocenters. The second kappa shape index (κ2) is 19.7. The molecule has 5 heteroatoms. The Morgan fingerprint density at radius 2 is 0.964 bits per heavy atom. The van der Waals surface area contributed by atoms with Crippen LogP contribution in [0.25, 0.3) is 11.1 Å². The molecule has 0 bridgehead atoms. The Balaban J connectivity index is 0. The summed E-state index contributed by atoms with van der Waals surface area (Å²) in [6, 6.07) is 27.3. The van der Waals surface area contributed by atoms with Crippen LogP contribution in [-0.4, -0.2) is 12.3 Å². The van der Waals surface area contributed by atoms with Crippen LogP contribution in [0.4, 0.5) is 4.39 Å². The molecule has 0 aliphatic rings. The highest BCUT2D eigenvalue weighted by molar-refractivity contribution is 5.62. The van der Waals surface area contributed by atoms with Gasteiger partial charge in [-0.2, -0.15) is 19.2 Å². The van der Waals surface area contributed by atoms with Gasteiger partial charge in [-0.05, 0) is 35.7 Å². The number of aryl methyl sites for hydroxylation is 1. The fourth-order valence-electron chi connectivity index (χ4n) is 1.87. The SMILES string of the molecule is CC.Cc1cccc(F)c1.O=C=O.O=C=O.c1ccc(-c2ccccc2)cc1. The Labute approximate surface area is 164 Å². The highest BCUT2D eigenvalue weighted by atomic mass is 19.1. The maximum Gasteiger partial charge on any atom is 0.373 e. The maximum absolute atomic E-state index is 12.2. The topological polar surface area (TPSA) is 68.3 Å². The molecule has 0 aliphatic carbocycles. The maximum atomic E-state index is 12.2. The average Bonchev–Trinajstić information content (AvgIpc) is 2.72. The molecule has 0 aromatic heterocycles. The van der Waals surface area contributed by atoms with Gasteiger partial charge in [0.25, 0.3) is 0 Å². The highest BCUT2D eigenvalue weighted by Gasteiger charge is 1.91. The van der Waals surface area contributed by atoms with E-state index in [9.17, 15) is 4.39 Å². The molecule has 0 spiro atoms. The van der Waals surface area contributed by atoms with Gasteiger partial charge in [0.1, 0.15) is 5.82 Å². The van der Waals surface area contributed by atoms with E-state index in [4.69, 9.17) is 19.2 Å². The minimum atomic E-state index is -0.162. The Morgan fingerprint density at radius 1 is 0.607 bits per heavy atom. The van der Waals surface area contributed by atoms with E-state index in [0.29, 0.717) is 0 Å². The first kappa shape index (κ1) is 26.6. The van der Waals surface area contributed by atoms with E-state index in [2.05, 4.69) is 48.5 Å². The summed E-state index contributed by atoms with van der Waals surface area (Å²) in [7, 11) is 0. The summed E-state index contributed by atoms with van der Waals surface area (Å²) in [5.41, 5.74) is 3.52. The predicted octanol–water partition coefficient (Wildman–Crippen LogP) is 5.35. The van der Waals surface area contributed by atoms with Crippen LogP contribution in [0.15, 0.2) is 84.9 Å².